The summed E-state index contributed by atoms with van der Waals surface area (Å²) in [5.41, 5.74) is 4.28. The van der Waals surface area contributed by atoms with E-state index in [9.17, 15) is 0 Å². The molecule has 2 aromatic rings. The van der Waals surface area contributed by atoms with Gasteiger partial charge in [-0.05, 0) is 6.42 Å². The molecule has 0 N–H and O–H groups in total. The Morgan fingerprint density at radius 1 is 1.18 bits per heavy atom. The SMILES string of the molecule is CCCc1ccc(C)c2[cH-]c(C)cc12.CCl.[Zr]. The summed E-state index contributed by atoms with van der Waals surface area (Å²) < 4.78 is 0. The van der Waals surface area contributed by atoms with Crippen molar-refractivity contribution in [3.8, 4) is 0 Å². The molecule has 0 nitrogen and oxygen atoms in total. The molecule has 2 aromatic carbocycles. The molecule has 0 unspecified atom stereocenters. The van der Waals surface area contributed by atoms with Gasteiger partial charge >= 0.3 is 0 Å². The van der Waals surface area contributed by atoms with Crippen LogP contribution < -0.4 is 0 Å². The number of hydrogen-bond donors (Lipinski definition) is 0. The molecular formula is C15H20ClZr-. The van der Waals surface area contributed by atoms with Crippen LogP contribution in [-0.4, -0.2) is 6.38 Å². The predicted octanol–water partition coefficient (Wildman–Crippen LogP) is 4.98. The first-order valence-electron chi connectivity index (χ1n) is 5.75. The van der Waals surface area contributed by atoms with Gasteiger partial charge in [-0.25, -0.2) is 0 Å². The Bertz CT molecular complexity index is 457. The molecule has 2 rings (SSSR count). The molecule has 17 heavy (non-hydrogen) atoms. The van der Waals surface area contributed by atoms with Crippen LogP contribution in [0, 0.1) is 13.8 Å². The summed E-state index contributed by atoms with van der Waals surface area (Å²) in [6, 6.07) is 9.13. The molecule has 0 heterocycles. The van der Waals surface area contributed by atoms with E-state index in [1.807, 2.05) is 0 Å². The normalized spacial score (nSPS) is 9.47. The van der Waals surface area contributed by atoms with Crippen molar-refractivity contribution >= 4 is 22.4 Å². The van der Waals surface area contributed by atoms with Gasteiger partial charge in [0.1, 0.15) is 0 Å². The van der Waals surface area contributed by atoms with Gasteiger partial charge in [-0.2, -0.15) is 6.07 Å². The van der Waals surface area contributed by atoms with Gasteiger partial charge in [0.25, 0.3) is 0 Å². The minimum absolute atomic E-state index is 0. The van der Waals surface area contributed by atoms with E-state index in [0.717, 1.165) is 0 Å². The molecule has 0 aliphatic heterocycles. The van der Waals surface area contributed by atoms with Crippen LogP contribution in [0.5, 0.6) is 0 Å². The average Bonchev–Trinajstić information content (AvgIpc) is 2.68. The Kier molecular flexibility index (Phi) is 8.17. The fourth-order valence-corrected chi connectivity index (χ4v) is 2.14. The fourth-order valence-electron chi connectivity index (χ4n) is 2.14. The first kappa shape index (κ1) is 17.0. The second-order valence-corrected chi connectivity index (χ2v) is 4.15. The Hall–Kier alpha value is 0.00312. The van der Waals surface area contributed by atoms with Gasteiger partial charge in [-0.3, -0.25) is 0 Å². The maximum Gasteiger partial charge on any atom is 0.0108 e. The molecule has 92 valence electrons. The summed E-state index contributed by atoms with van der Waals surface area (Å²) in [6.07, 6.45) is 3.89. The minimum atomic E-state index is 0. The van der Waals surface area contributed by atoms with Crippen LogP contribution in [0.1, 0.15) is 30.0 Å². The average molecular weight is 327 g/mol. The molecule has 0 saturated carbocycles. The summed E-state index contributed by atoms with van der Waals surface area (Å²) in [4.78, 5) is 0. The van der Waals surface area contributed by atoms with E-state index in [1.165, 1.54) is 46.7 Å². The summed E-state index contributed by atoms with van der Waals surface area (Å²) in [5, 5.41) is 2.90. The van der Waals surface area contributed by atoms with Crippen molar-refractivity contribution in [3.63, 3.8) is 0 Å². The van der Waals surface area contributed by atoms with Crippen LogP contribution in [0.25, 0.3) is 10.8 Å². The van der Waals surface area contributed by atoms with Gasteiger partial charge in [-0.15, -0.1) is 45.6 Å². The third-order valence-electron chi connectivity index (χ3n) is 2.86. The molecule has 0 aliphatic rings. The molecular weight excluding hydrogens is 307 g/mol. The van der Waals surface area contributed by atoms with E-state index in [2.05, 4.69) is 56.6 Å². The quantitative estimate of drug-likeness (QED) is 0.539. The minimum Gasteiger partial charge on any atom is -0.165 e. The monoisotopic (exact) mass is 325 g/mol. The topological polar surface area (TPSA) is 0 Å². The molecule has 0 aliphatic carbocycles. The van der Waals surface area contributed by atoms with E-state index in [-0.39, 0.29) is 26.2 Å². The summed E-state index contributed by atoms with van der Waals surface area (Å²) in [6.45, 7) is 6.61. The summed E-state index contributed by atoms with van der Waals surface area (Å²) in [7, 11) is 0. The van der Waals surface area contributed by atoms with E-state index in [0.29, 0.717) is 0 Å². The number of benzene rings is 1. The van der Waals surface area contributed by atoms with E-state index in [4.69, 9.17) is 0 Å². The molecule has 0 saturated heterocycles. The summed E-state index contributed by atoms with van der Waals surface area (Å²) >= 11 is 4.64. The predicted molar refractivity (Wildman–Crippen MR) is 74.8 cm³/mol. The fraction of sp³-hybridized carbons (Fsp3) is 0.400. The van der Waals surface area contributed by atoms with Gasteiger partial charge in [-0.1, -0.05) is 38.8 Å². The Labute approximate surface area is 129 Å². The van der Waals surface area contributed by atoms with Crippen molar-refractivity contribution in [3.05, 3.63) is 41.0 Å². The van der Waals surface area contributed by atoms with Crippen LogP contribution in [0.3, 0.4) is 0 Å². The number of hydrogen-bond acceptors (Lipinski definition) is 0. The van der Waals surface area contributed by atoms with Gasteiger partial charge < -0.3 is 0 Å². The number of fused-ring (bicyclic) bond motifs is 1. The van der Waals surface area contributed by atoms with Crippen molar-refractivity contribution in [1.29, 1.82) is 0 Å². The van der Waals surface area contributed by atoms with Gasteiger partial charge in [0, 0.05) is 32.6 Å². The van der Waals surface area contributed by atoms with Crippen molar-refractivity contribution in [2.75, 3.05) is 6.38 Å². The number of aryl methyl sites for hydroxylation is 3. The smallest absolute Gasteiger partial charge is 0.0108 e. The number of halogens is 1. The number of rotatable bonds is 2. The third-order valence-corrected chi connectivity index (χ3v) is 2.86. The van der Waals surface area contributed by atoms with Crippen LogP contribution in [0.2, 0.25) is 0 Å². The van der Waals surface area contributed by atoms with Crippen LogP contribution >= 0.6 is 11.6 Å². The first-order valence-corrected chi connectivity index (χ1v) is 6.51. The van der Waals surface area contributed by atoms with Gasteiger partial charge in [0.2, 0.25) is 0 Å². The maximum absolute atomic E-state index is 4.64. The Morgan fingerprint density at radius 2 is 1.82 bits per heavy atom. The standard InChI is InChI=1S/C14H17.CH3Cl.Zr/c1-4-5-12-7-6-11(3)13-8-10(2)9-14(12)13;1-2;/h6-9H,4-5H2,1-3H3;1H3;/q-1;;. The Morgan fingerprint density at radius 3 is 2.41 bits per heavy atom. The first-order chi connectivity index (χ1) is 7.72. The molecule has 2 heteroatoms. The second-order valence-electron chi connectivity index (χ2n) is 4.15. The third kappa shape index (κ3) is 4.00. The Balaban J connectivity index is 0.000000811. The van der Waals surface area contributed by atoms with E-state index in [1.54, 1.807) is 0 Å². The largest absolute Gasteiger partial charge is 0.165 e. The van der Waals surface area contributed by atoms with Crippen molar-refractivity contribution in [2.24, 2.45) is 0 Å². The summed E-state index contributed by atoms with van der Waals surface area (Å²) in [5.74, 6) is 0. The zero-order chi connectivity index (χ0) is 12.1. The number of alkyl halides is 1. The zero-order valence-electron chi connectivity index (χ0n) is 11.1. The van der Waals surface area contributed by atoms with Crippen LogP contribution in [0.4, 0.5) is 0 Å². The molecule has 0 fully saturated rings. The van der Waals surface area contributed by atoms with Crippen molar-refractivity contribution < 1.29 is 26.2 Å². The van der Waals surface area contributed by atoms with Crippen LogP contribution in [0.15, 0.2) is 24.3 Å². The van der Waals surface area contributed by atoms with Crippen LogP contribution in [-0.2, 0) is 32.6 Å². The van der Waals surface area contributed by atoms with Crippen molar-refractivity contribution in [1.82, 2.24) is 0 Å². The maximum atomic E-state index is 4.64. The molecule has 0 atom stereocenters. The second kappa shape index (κ2) is 8.17. The van der Waals surface area contributed by atoms with Crippen molar-refractivity contribution in [2.45, 2.75) is 33.6 Å². The molecule has 0 spiro atoms. The van der Waals surface area contributed by atoms with E-state index < -0.39 is 0 Å². The molecule has 0 amide bonds. The van der Waals surface area contributed by atoms with Gasteiger partial charge in [0.05, 0.1) is 0 Å². The van der Waals surface area contributed by atoms with E-state index >= 15 is 0 Å². The molecule has 0 aromatic heterocycles. The molecule has 0 bridgehead atoms. The zero-order valence-corrected chi connectivity index (χ0v) is 14.3. The van der Waals surface area contributed by atoms with Gasteiger partial charge in [0.15, 0.2) is 0 Å². The molecule has 0 radical (unpaired) electrons.